The van der Waals surface area contributed by atoms with Crippen LogP contribution >= 0.6 is 15.9 Å². The summed E-state index contributed by atoms with van der Waals surface area (Å²) in [5, 5.41) is 4.05. The largest absolute Gasteiger partial charge is 0.259 e. The van der Waals surface area contributed by atoms with Gasteiger partial charge in [-0.15, -0.1) is 0 Å². The maximum Gasteiger partial charge on any atom is 0.259 e. The van der Waals surface area contributed by atoms with Gasteiger partial charge in [0.1, 0.15) is 0 Å². The van der Waals surface area contributed by atoms with Gasteiger partial charge < -0.3 is 0 Å². The van der Waals surface area contributed by atoms with Crippen molar-refractivity contribution >= 4 is 26.0 Å². The number of alkyl halides is 1. The summed E-state index contributed by atoms with van der Waals surface area (Å²) in [6.45, 7) is 2.32. The van der Waals surface area contributed by atoms with E-state index in [9.17, 15) is 8.42 Å². The normalized spacial score (nSPS) is 14.5. The van der Waals surface area contributed by atoms with E-state index in [1.807, 2.05) is 6.92 Å². The van der Waals surface area contributed by atoms with Crippen molar-refractivity contribution in [1.82, 2.24) is 14.1 Å². The van der Waals surface area contributed by atoms with Gasteiger partial charge in [-0.25, -0.2) is 8.42 Å². The van der Waals surface area contributed by atoms with Crippen LogP contribution in [0, 0.1) is 0 Å². The van der Waals surface area contributed by atoms with Crippen molar-refractivity contribution in [1.29, 1.82) is 0 Å². The Morgan fingerprint density at radius 1 is 1.67 bits per heavy atom. The van der Waals surface area contributed by atoms with Crippen LogP contribution in [0.5, 0.6) is 0 Å². The quantitative estimate of drug-likeness (QED) is 0.773. The van der Waals surface area contributed by atoms with Crippen molar-refractivity contribution in [3.63, 3.8) is 0 Å². The molecule has 1 atom stereocenters. The summed E-state index contributed by atoms with van der Waals surface area (Å²) in [6.07, 6.45) is 1.47. The van der Waals surface area contributed by atoms with Gasteiger partial charge in [-0.2, -0.15) is 9.40 Å². The zero-order valence-corrected chi connectivity index (χ0v) is 11.3. The second-order valence-electron chi connectivity index (χ2n) is 3.36. The lowest BCUT2D eigenvalue weighted by atomic mass is 10.5. The Kier molecular flexibility index (Phi) is 3.91. The van der Waals surface area contributed by atoms with Crippen LogP contribution in [-0.4, -0.2) is 40.9 Å². The second-order valence-corrected chi connectivity index (χ2v) is 6.91. The summed E-state index contributed by atoms with van der Waals surface area (Å²) < 4.78 is 26.6. The molecule has 0 aliphatic carbocycles. The highest BCUT2D eigenvalue weighted by molar-refractivity contribution is 9.09. The van der Waals surface area contributed by atoms with E-state index in [1.54, 1.807) is 14.1 Å². The third-order valence-corrected chi connectivity index (χ3v) is 4.15. The minimum absolute atomic E-state index is 0.116. The van der Waals surface area contributed by atoms with Crippen LogP contribution in [0.25, 0.3) is 0 Å². The van der Waals surface area contributed by atoms with E-state index in [0.29, 0.717) is 6.54 Å². The molecule has 1 aromatic heterocycles. The smallest absolute Gasteiger partial charge is 0.256 e. The van der Waals surface area contributed by atoms with Gasteiger partial charge in [-0.1, -0.05) is 22.9 Å². The molecule has 0 saturated heterocycles. The molecule has 0 fully saturated rings. The molecule has 0 spiro atoms. The van der Waals surface area contributed by atoms with Gasteiger partial charge in [0.15, 0.2) is 5.03 Å². The predicted octanol–water partition coefficient (Wildman–Crippen LogP) is 0.824. The summed E-state index contributed by atoms with van der Waals surface area (Å²) >= 11 is 3.32. The lowest BCUT2D eigenvalue weighted by Gasteiger charge is -2.18. The summed E-state index contributed by atoms with van der Waals surface area (Å²) in [6, 6.07) is 1.49. The molecule has 0 amide bonds. The van der Waals surface area contributed by atoms with Crippen molar-refractivity contribution in [3.8, 4) is 0 Å². The minimum atomic E-state index is -3.42. The standard InChI is InChI=1S/C8H14BrN3O2S/c1-7(9)6-11(2)15(13,14)8-4-5-10-12(8)3/h4-5,7H,6H2,1-3H3. The van der Waals surface area contributed by atoms with Crippen molar-refractivity contribution < 1.29 is 8.42 Å². The molecule has 0 N–H and O–H groups in total. The van der Waals surface area contributed by atoms with E-state index < -0.39 is 10.0 Å². The summed E-state index contributed by atoms with van der Waals surface area (Å²) in [5.41, 5.74) is 0. The van der Waals surface area contributed by atoms with E-state index >= 15 is 0 Å². The number of aromatic nitrogens is 2. The molecule has 0 bridgehead atoms. The van der Waals surface area contributed by atoms with Gasteiger partial charge in [0, 0.05) is 25.5 Å². The molecule has 0 saturated carbocycles. The Bertz CT molecular complexity index is 427. The van der Waals surface area contributed by atoms with E-state index in [2.05, 4.69) is 21.0 Å². The molecule has 1 aromatic rings. The fourth-order valence-corrected chi connectivity index (χ4v) is 3.21. The number of halogens is 1. The van der Waals surface area contributed by atoms with E-state index in [-0.39, 0.29) is 9.85 Å². The van der Waals surface area contributed by atoms with Gasteiger partial charge >= 0.3 is 0 Å². The number of sulfonamides is 1. The predicted molar refractivity (Wildman–Crippen MR) is 61.4 cm³/mol. The molecule has 1 unspecified atom stereocenters. The highest BCUT2D eigenvalue weighted by atomic mass is 79.9. The van der Waals surface area contributed by atoms with Crippen LogP contribution in [0.3, 0.4) is 0 Å². The Morgan fingerprint density at radius 2 is 2.27 bits per heavy atom. The molecular formula is C8H14BrN3O2S. The van der Waals surface area contributed by atoms with Crippen molar-refractivity contribution in [2.45, 2.75) is 16.8 Å². The highest BCUT2D eigenvalue weighted by Gasteiger charge is 2.24. The van der Waals surface area contributed by atoms with Crippen molar-refractivity contribution in [2.75, 3.05) is 13.6 Å². The van der Waals surface area contributed by atoms with E-state index in [4.69, 9.17) is 0 Å². The van der Waals surface area contributed by atoms with Gasteiger partial charge in [0.05, 0.1) is 6.20 Å². The molecule has 1 rings (SSSR count). The number of hydrogen-bond donors (Lipinski definition) is 0. The van der Waals surface area contributed by atoms with Gasteiger partial charge in [-0.3, -0.25) is 4.68 Å². The average molecular weight is 296 g/mol. The maximum atomic E-state index is 12.0. The molecule has 1 heterocycles. The molecule has 86 valence electrons. The van der Waals surface area contributed by atoms with Gasteiger partial charge in [0.25, 0.3) is 10.0 Å². The molecular weight excluding hydrogens is 282 g/mol. The van der Waals surface area contributed by atoms with Crippen molar-refractivity contribution in [2.24, 2.45) is 7.05 Å². The van der Waals surface area contributed by atoms with E-state index in [1.165, 1.54) is 21.3 Å². The zero-order chi connectivity index (χ0) is 11.6. The molecule has 0 aliphatic heterocycles. The van der Waals surface area contributed by atoms with Gasteiger partial charge in [0.2, 0.25) is 0 Å². The molecule has 0 aliphatic rings. The maximum absolute atomic E-state index is 12.0. The molecule has 5 nitrogen and oxygen atoms in total. The van der Waals surface area contributed by atoms with E-state index in [0.717, 1.165) is 0 Å². The zero-order valence-electron chi connectivity index (χ0n) is 8.88. The first-order chi connectivity index (χ1) is 6.85. The first kappa shape index (κ1) is 12.7. The second kappa shape index (κ2) is 4.63. The SMILES string of the molecule is CC(Br)CN(C)S(=O)(=O)c1ccnn1C. The first-order valence-corrected chi connectivity index (χ1v) is 6.79. The Hall–Kier alpha value is -0.400. The lowest BCUT2D eigenvalue weighted by molar-refractivity contribution is 0.464. The summed E-state index contributed by atoms with van der Waals surface area (Å²) in [7, 11) is -0.253. The van der Waals surface area contributed by atoms with Crippen LogP contribution in [-0.2, 0) is 17.1 Å². The number of hydrogen-bond acceptors (Lipinski definition) is 3. The van der Waals surface area contributed by atoms with Crippen LogP contribution < -0.4 is 0 Å². The fraction of sp³-hybridized carbons (Fsp3) is 0.625. The Balaban J connectivity index is 2.99. The van der Waals surface area contributed by atoms with Crippen LogP contribution in [0.2, 0.25) is 0 Å². The number of rotatable bonds is 4. The average Bonchev–Trinajstić information content (AvgIpc) is 2.50. The Labute approximate surface area is 98.3 Å². The fourth-order valence-electron chi connectivity index (χ4n) is 1.23. The lowest BCUT2D eigenvalue weighted by Crippen LogP contribution is -2.32. The topological polar surface area (TPSA) is 55.2 Å². The minimum Gasteiger partial charge on any atom is -0.256 e. The third-order valence-electron chi connectivity index (χ3n) is 1.96. The molecule has 0 aromatic carbocycles. The molecule has 0 radical (unpaired) electrons. The van der Waals surface area contributed by atoms with Crippen molar-refractivity contribution in [3.05, 3.63) is 12.3 Å². The van der Waals surface area contributed by atoms with Gasteiger partial charge in [-0.05, 0) is 6.07 Å². The Morgan fingerprint density at radius 3 is 2.67 bits per heavy atom. The number of aryl methyl sites for hydroxylation is 1. The van der Waals surface area contributed by atoms with Crippen LogP contribution in [0.1, 0.15) is 6.92 Å². The molecule has 15 heavy (non-hydrogen) atoms. The van der Waals surface area contributed by atoms with Crippen LogP contribution in [0.15, 0.2) is 17.3 Å². The highest BCUT2D eigenvalue weighted by Crippen LogP contribution is 2.14. The monoisotopic (exact) mass is 295 g/mol. The molecule has 7 heteroatoms. The number of nitrogens with zero attached hydrogens (tertiary/aromatic N) is 3. The summed E-state index contributed by atoms with van der Waals surface area (Å²) in [5.74, 6) is 0. The first-order valence-electron chi connectivity index (χ1n) is 4.44. The van der Waals surface area contributed by atoms with Crippen LogP contribution in [0.4, 0.5) is 0 Å². The summed E-state index contributed by atoms with van der Waals surface area (Å²) in [4.78, 5) is 0.116. The third kappa shape index (κ3) is 2.79.